The number of aryl methyl sites for hydroxylation is 1. The van der Waals surface area contributed by atoms with Crippen molar-refractivity contribution >= 4 is 35.6 Å². The predicted octanol–water partition coefficient (Wildman–Crippen LogP) is 1.53. The molecule has 10 heteroatoms. The summed E-state index contributed by atoms with van der Waals surface area (Å²) in [6, 6.07) is 5.84. The van der Waals surface area contributed by atoms with Crippen molar-refractivity contribution in [2.24, 2.45) is 4.99 Å². The maximum atomic E-state index is 4.34. The van der Waals surface area contributed by atoms with Gasteiger partial charge in [0.25, 0.3) is 0 Å². The molecule has 4 rings (SSSR count). The zero-order chi connectivity index (χ0) is 17.8. The molecule has 0 saturated carbocycles. The molecule has 0 radical (unpaired) electrons. The monoisotopic (exact) mass is 481 g/mol. The molecule has 9 nitrogen and oxygen atoms in total. The Morgan fingerprint density at radius 2 is 1.85 bits per heavy atom. The molecule has 1 aliphatic rings. The Hall–Kier alpha value is -2.24. The lowest BCUT2D eigenvalue weighted by Gasteiger charge is -2.12. The first-order chi connectivity index (χ1) is 12.8. The number of nitrogens with one attached hydrogen (secondary N) is 2. The van der Waals surface area contributed by atoms with Gasteiger partial charge in [0.15, 0.2) is 23.3 Å². The molecule has 0 unspecified atom stereocenters. The van der Waals surface area contributed by atoms with Crippen molar-refractivity contribution in [1.82, 2.24) is 40.0 Å². The van der Waals surface area contributed by atoms with Gasteiger partial charge in [0, 0.05) is 26.2 Å². The smallest absolute Gasteiger partial charge is 0.191 e. The summed E-state index contributed by atoms with van der Waals surface area (Å²) in [6.45, 7) is 2.12. The Morgan fingerprint density at radius 3 is 2.70 bits per heavy atom. The van der Waals surface area contributed by atoms with E-state index in [0.29, 0.717) is 19.0 Å². The van der Waals surface area contributed by atoms with Crippen LogP contribution in [0.1, 0.15) is 36.7 Å². The van der Waals surface area contributed by atoms with Crippen LogP contribution in [-0.2, 0) is 26.1 Å². The number of aliphatic imine (C=N–C) groups is 1. The van der Waals surface area contributed by atoms with Gasteiger partial charge in [-0.3, -0.25) is 9.39 Å². The van der Waals surface area contributed by atoms with Crippen LogP contribution in [0.15, 0.2) is 29.4 Å². The lowest BCUT2D eigenvalue weighted by atomic mass is 10.2. The number of aromatic nitrogens is 6. The summed E-state index contributed by atoms with van der Waals surface area (Å²) in [4.78, 5) is 4.28. The van der Waals surface area contributed by atoms with E-state index >= 15 is 0 Å². The molecule has 2 N–H and O–H groups in total. The van der Waals surface area contributed by atoms with Crippen molar-refractivity contribution in [1.29, 1.82) is 0 Å². The van der Waals surface area contributed by atoms with E-state index in [1.807, 2.05) is 28.8 Å². The molecule has 3 aromatic heterocycles. The van der Waals surface area contributed by atoms with Crippen LogP contribution in [0.5, 0.6) is 0 Å². The predicted molar refractivity (Wildman–Crippen MR) is 113 cm³/mol. The molecular formula is C17H24IN9. The van der Waals surface area contributed by atoms with Gasteiger partial charge >= 0.3 is 0 Å². The topological polar surface area (TPSA) is 97.3 Å². The molecule has 0 atom stereocenters. The zero-order valence-electron chi connectivity index (χ0n) is 15.3. The molecule has 0 spiro atoms. The first-order valence-electron chi connectivity index (χ1n) is 8.99. The van der Waals surface area contributed by atoms with E-state index in [1.54, 1.807) is 7.05 Å². The van der Waals surface area contributed by atoms with Crippen LogP contribution in [0, 0.1) is 0 Å². The fourth-order valence-electron chi connectivity index (χ4n) is 3.23. The molecule has 0 amide bonds. The lowest BCUT2D eigenvalue weighted by Crippen LogP contribution is -2.37. The van der Waals surface area contributed by atoms with Crippen LogP contribution in [0.4, 0.5) is 0 Å². The van der Waals surface area contributed by atoms with E-state index in [0.717, 1.165) is 36.1 Å². The average Bonchev–Trinajstić information content (AvgIpc) is 3.18. The van der Waals surface area contributed by atoms with Crippen molar-refractivity contribution in [2.75, 3.05) is 7.05 Å². The quantitative estimate of drug-likeness (QED) is 0.334. The Bertz CT molecular complexity index is 914. The lowest BCUT2D eigenvalue weighted by molar-refractivity contribution is 0.596. The van der Waals surface area contributed by atoms with Gasteiger partial charge in [0.05, 0.1) is 13.1 Å². The summed E-state index contributed by atoms with van der Waals surface area (Å²) in [5.41, 5.74) is 0.832. The number of fused-ring (bicyclic) bond motifs is 2. The summed E-state index contributed by atoms with van der Waals surface area (Å²) in [6.07, 6.45) is 6.60. The average molecular weight is 481 g/mol. The van der Waals surface area contributed by atoms with Crippen LogP contribution >= 0.6 is 24.0 Å². The van der Waals surface area contributed by atoms with Gasteiger partial charge in [0.1, 0.15) is 5.82 Å². The molecule has 0 aliphatic carbocycles. The minimum absolute atomic E-state index is 0. The number of guanidine groups is 1. The van der Waals surface area contributed by atoms with Gasteiger partial charge in [-0.25, -0.2) is 0 Å². The van der Waals surface area contributed by atoms with E-state index in [1.165, 1.54) is 19.3 Å². The van der Waals surface area contributed by atoms with E-state index in [2.05, 4.69) is 40.6 Å². The van der Waals surface area contributed by atoms with Crippen LogP contribution in [0.3, 0.4) is 0 Å². The van der Waals surface area contributed by atoms with Gasteiger partial charge in [0.2, 0.25) is 0 Å². The highest BCUT2D eigenvalue weighted by Crippen LogP contribution is 2.14. The Labute approximate surface area is 174 Å². The second-order valence-electron chi connectivity index (χ2n) is 6.32. The third kappa shape index (κ3) is 4.37. The van der Waals surface area contributed by atoms with Crippen molar-refractivity contribution in [3.63, 3.8) is 0 Å². The first kappa shape index (κ1) is 19.5. The fourth-order valence-corrected chi connectivity index (χ4v) is 3.23. The van der Waals surface area contributed by atoms with Gasteiger partial charge in [-0.05, 0) is 25.0 Å². The highest BCUT2D eigenvalue weighted by atomic mass is 127. The van der Waals surface area contributed by atoms with Crippen molar-refractivity contribution in [3.05, 3.63) is 41.9 Å². The molecule has 27 heavy (non-hydrogen) atoms. The van der Waals surface area contributed by atoms with Crippen LogP contribution in [-0.4, -0.2) is 42.4 Å². The summed E-state index contributed by atoms with van der Waals surface area (Å²) in [5.74, 6) is 3.58. The van der Waals surface area contributed by atoms with Gasteiger partial charge in [-0.15, -0.1) is 44.4 Å². The maximum absolute atomic E-state index is 4.34. The van der Waals surface area contributed by atoms with Crippen LogP contribution < -0.4 is 10.6 Å². The number of hydrogen-bond donors (Lipinski definition) is 2. The highest BCUT2D eigenvalue weighted by Gasteiger charge is 2.14. The van der Waals surface area contributed by atoms with Gasteiger partial charge < -0.3 is 15.2 Å². The number of nitrogens with zero attached hydrogens (tertiary/aromatic N) is 7. The maximum Gasteiger partial charge on any atom is 0.191 e. The highest BCUT2D eigenvalue weighted by molar-refractivity contribution is 14.0. The van der Waals surface area contributed by atoms with Crippen LogP contribution in [0.25, 0.3) is 5.65 Å². The Balaban J connectivity index is 0.00000210. The van der Waals surface area contributed by atoms with Crippen molar-refractivity contribution in [3.8, 4) is 0 Å². The third-order valence-corrected chi connectivity index (χ3v) is 4.62. The second-order valence-corrected chi connectivity index (χ2v) is 6.32. The standard InChI is InChI=1S/C17H23N9.HI/c1-18-17(20-12-16-24-22-14-8-4-6-10-26(14)16)19-11-15-23-21-13-7-3-2-5-9-25(13)15;/h4,6,8,10H,2-3,5,7,9,11-12H2,1H3,(H2,18,19,20);1H. The zero-order valence-corrected chi connectivity index (χ0v) is 17.6. The van der Waals surface area contributed by atoms with E-state index in [9.17, 15) is 0 Å². The van der Waals surface area contributed by atoms with Crippen molar-refractivity contribution < 1.29 is 0 Å². The van der Waals surface area contributed by atoms with Gasteiger partial charge in [-0.2, -0.15) is 0 Å². The van der Waals surface area contributed by atoms with E-state index in [4.69, 9.17) is 0 Å². The summed E-state index contributed by atoms with van der Waals surface area (Å²) in [7, 11) is 1.75. The molecule has 0 bridgehead atoms. The Kier molecular flexibility index (Phi) is 6.58. The largest absolute Gasteiger partial charge is 0.349 e. The van der Waals surface area contributed by atoms with Gasteiger partial charge in [-0.1, -0.05) is 12.5 Å². The van der Waals surface area contributed by atoms with E-state index in [-0.39, 0.29) is 24.0 Å². The SMILES string of the molecule is CN=C(NCc1nnc2n1CCCCC2)NCc1nnc2ccccn12.I. The molecule has 4 heterocycles. The number of hydrogen-bond acceptors (Lipinski definition) is 5. The molecule has 0 fully saturated rings. The summed E-state index contributed by atoms with van der Waals surface area (Å²) < 4.78 is 4.19. The van der Waals surface area contributed by atoms with Crippen LogP contribution in [0.2, 0.25) is 0 Å². The summed E-state index contributed by atoms with van der Waals surface area (Å²) >= 11 is 0. The Morgan fingerprint density at radius 1 is 1.04 bits per heavy atom. The molecular weight excluding hydrogens is 457 g/mol. The number of pyridine rings is 1. The molecule has 144 valence electrons. The first-order valence-corrected chi connectivity index (χ1v) is 8.99. The third-order valence-electron chi connectivity index (χ3n) is 4.62. The molecule has 0 aromatic carbocycles. The molecule has 3 aromatic rings. The number of rotatable bonds is 4. The van der Waals surface area contributed by atoms with Crippen molar-refractivity contribution in [2.45, 2.75) is 45.3 Å². The molecule has 1 aliphatic heterocycles. The molecule has 0 saturated heterocycles. The minimum Gasteiger partial charge on any atom is -0.349 e. The second kappa shape index (κ2) is 9.11. The summed E-state index contributed by atoms with van der Waals surface area (Å²) in [5, 5.41) is 23.6. The van der Waals surface area contributed by atoms with E-state index < -0.39 is 0 Å². The minimum atomic E-state index is 0. The number of halogens is 1. The fraction of sp³-hybridized carbons (Fsp3) is 0.471. The normalized spacial score (nSPS) is 14.3.